The lowest BCUT2D eigenvalue weighted by Crippen LogP contribution is -2.35. The van der Waals surface area contributed by atoms with Gasteiger partial charge in [0.25, 0.3) is 0 Å². The second-order valence-electron chi connectivity index (χ2n) is 6.12. The zero-order valence-corrected chi connectivity index (χ0v) is 11.3. The highest BCUT2D eigenvalue weighted by Crippen LogP contribution is 2.49. The third kappa shape index (κ3) is 2.54. The molecular weight excluding hydrogens is 242 g/mol. The van der Waals surface area contributed by atoms with Crippen LogP contribution in [0.3, 0.4) is 0 Å². The first-order valence-corrected chi connectivity index (χ1v) is 7.17. The first-order valence-electron chi connectivity index (χ1n) is 7.17. The molecule has 0 spiro atoms. The van der Waals surface area contributed by atoms with Crippen LogP contribution in [0, 0.1) is 17.8 Å². The Balaban J connectivity index is 1.52. The number of furan rings is 1. The molecule has 4 atom stereocenters. The van der Waals surface area contributed by atoms with Gasteiger partial charge in [0.2, 0.25) is 0 Å². The molecular formula is C15H21NO3. The molecule has 2 bridgehead atoms. The van der Waals surface area contributed by atoms with Gasteiger partial charge in [-0.05, 0) is 50.0 Å². The summed E-state index contributed by atoms with van der Waals surface area (Å²) in [5.74, 6) is 2.41. The van der Waals surface area contributed by atoms with Crippen molar-refractivity contribution in [3.05, 3.63) is 23.7 Å². The van der Waals surface area contributed by atoms with Gasteiger partial charge in [-0.25, -0.2) is 4.79 Å². The third-order valence-electron chi connectivity index (χ3n) is 4.93. The number of carbonyl (C=O) groups is 1. The molecule has 19 heavy (non-hydrogen) atoms. The van der Waals surface area contributed by atoms with E-state index in [1.54, 1.807) is 6.07 Å². The van der Waals surface area contributed by atoms with Crippen LogP contribution in [0.2, 0.25) is 0 Å². The number of hydrogen-bond acceptors (Lipinski definition) is 3. The largest absolute Gasteiger partial charge is 0.478 e. The predicted octanol–water partition coefficient (Wildman–Crippen LogP) is 2.89. The minimum Gasteiger partial charge on any atom is -0.478 e. The van der Waals surface area contributed by atoms with Gasteiger partial charge in [0, 0.05) is 6.04 Å². The number of aromatic carboxylic acids is 1. The minimum absolute atomic E-state index is 0.226. The molecule has 2 aliphatic rings. The van der Waals surface area contributed by atoms with Crippen LogP contribution in [-0.4, -0.2) is 17.1 Å². The van der Waals surface area contributed by atoms with Crippen molar-refractivity contribution in [2.24, 2.45) is 17.8 Å². The Labute approximate surface area is 113 Å². The number of rotatable bonds is 5. The van der Waals surface area contributed by atoms with E-state index in [2.05, 4.69) is 12.2 Å². The van der Waals surface area contributed by atoms with Gasteiger partial charge >= 0.3 is 5.97 Å². The maximum Gasteiger partial charge on any atom is 0.338 e. The first-order chi connectivity index (χ1) is 9.13. The van der Waals surface area contributed by atoms with Gasteiger partial charge in [-0.2, -0.15) is 0 Å². The second-order valence-corrected chi connectivity index (χ2v) is 6.12. The number of nitrogens with one attached hydrogen (secondary N) is 1. The highest BCUT2D eigenvalue weighted by atomic mass is 16.4. The van der Waals surface area contributed by atoms with Gasteiger partial charge in [0.15, 0.2) is 0 Å². The van der Waals surface area contributed by atoms with E-state index >= 15 is 0 Å². The summed E-state index contributed by atoms with van der Waals surface area (Å²) in [4.78, 5) is 10.8. The SMILES string of the molecule is CC(NCc1cc(C(=O)O)co1)C1CC2CCC1C2. The smallest absolute Gasteiger partial charge is 0.338 e. The van der Waals surface area contributed by atoms with Crippen LogP contribution in [0.25, 0.3) is 0 Å². The number of carboxylic acid groups (broad SMARTS) is 1. The maximum absolute atomic E-state index is 10.8. The van der Waals surface area contributed by atoms with Crippen LogP contribution in [0.5, 0.6) is 0 Å². The molecule has 2 fully saturated rings. The van der Waals surface area contributed by atoms with E-state index in [1.807, 2.05) is 0 Å². The monoisotopic (exact) mass is 263 g/mol. The molecule has 104 valence electrons. The fraction of sp³-hybridized carbons (Fsp3) is 0.667. The van der Waals surface area contributed by atoms with Crippen LogP contribution in [0.4, 0.5) is 0 Å². The molecule has 0 aliphatic heterocycles. The molecule has 2 saturated carbocycles. The van der Waals surface area contributed by atoms with Gasteiger partial charge in [0.05, 0.1) is 12.1 Å². The van der Waals surface area contributed by atoms with Crippen LogP contribution in [0.1, 0.15) is 48.7 Å². The molecule has 2 N–H and O–H groups in total. The molecule has 1 heterocycles. The number of carboxylic acids is 1. The standard InChI is InChI=1S/C15H21NO3/c1-9(14-5-10-2-3-11(14)4-10)16-7-13-6-12(8-19-13)15(17)18/h6,8-11,14,16H,2-5,7H2,1H3,(H,17,18). The number of hydrogen-bond donors (Lipinski definition) is 2. The Morgan fingerprint density at radius 2 is 2.37 bits per heavy atom. The fourth-order valence-electron chi connectivity index (χ4n) is 3.90. The summed E-state index contributed by atoms with van der Waals surface area (Å²) >= 11 is 0. The summed E-state index contributed by atoms with van der Waals surface area (Å²) in [7, 11) is 0. The van der Waals surface area contributed by atoms with Crippen molar-refractivity contribution < 1.29 is 14.3 Å². The Hall–Kier alpha value is -1.29. The van der Waals surface area contributed by atoms with E-state index in [-0.39, 0.29) is 5.56 Å². The van der Waals surface area contributed by atoms with Crippen molar-refractivity contribution in [2.75, 3.05) is 0 Å². The maximum atomic E-state index is 10.8. The van der Waals surface area contributed by atoms with Crippen molar-refractivity contribution in [3.8, 4) is 0 Å². The van der Waals surface area contributed by atoms with Gasteiger partial charge in [-0.15, -0.1) is 0 Å². The molecule has 4 nitrogen and oxygen atoms in total. The molecule has 0 radical (unpaired) electrons. The third-order valence-corrected chi connectivity index (χ3v) is 4.93. The fourth-order valence-corrected chi connectivity index (χ4v) is 3.90. The number of fused-ring (bicyclic) bond motifs is 2. The summed E-state index contributed by atoms with van der Waals surface area (Å²) in [6.45, 7) is 2.86. The molecule has 4 unspecified atom stereocenters. The van der Waals surface area contributed by atoms with Gasteiger partial charge in [-0.3, -0.25) is 0 Å². The molecule has 0 saturated heterocycles. The Bertz CT molecular complexity index is 468. The van der Waals surface area contributed by atoms with Gasteiger partial charge < -0.3 is 14.8 Å². The summed E-state index contributed by atoms with van der Waals surface area (Å²) in [6, 6.07) is 2.08. The van der Waals surface area contributed by atoms with Crippen LogP contribution in [0.15, 0.2) is 16.7 Å². The van der Waals surface area contributed by atoms with E-state index in [1.165, 1.54) is 31.9 Å². The van der Waals surface area contributed by atoms with Gasteiger partial charge in [-0.1, -0.05) is 6.42 Å². The minimum atomic E-state index is -0.934. The normalized spacial score (nSPS) is 30.7. The highest BCUT2D eigenvalue weighted by Gasteiger charge is 2.41. The van der Waals surface area contributed by atoms with Crippen molar-refractivity contribution in [2.45, 2.75) is 45.2 Å². The zero-order chi connectivity index (χ0) is 13.4. The molecule has 2 aliphatic carbocycles. The average Bonchev–Trinajstić information content (AvgIpc) is 3.11. The molecule has 0 amide bonds. The van der Waals surface area contributed by atoms with Crippen LogP contribution in [-0.2, 0) is 6.54 Å². The molecule has 0 aromatic carbocycles. The Morgan fingerprint density at radius 1 is 1.53 bits per heavy atom. The van der Waals surface area contributed by atoms with Crippen molar-refractivity contribution in [1.82, 2.24) is 5.32 Å². The molecule has 4 heteroatoms. The first kappa shape index (κ1) is 12.7. The summed E-state index contributed by atoms with van der Waals surface area (Å²) < 4.78 is 5.26. The van der Waals surface area contributed by atoms with E-state index < -0.39 is 5.97 Å². The van der Waals surface area contributed by atoms with E-state index in [4.69, 9.17) is 9.52 Å². The quantitative estimate of drug-likeness (QED) is 0.857. The second kappa shape index (κ2) is 5.00. The zero-order valence-electron chi connectivity index (χ0n) is 11.3. The molecule has 1 aromatic rings. The van der Waals surface area contributed by atoms with E-state index in [0.29, 0.717) is 18.3 Å². The van der Waals surface area contributed by atoms with Crippen molar-refractivity contribution >= 4 is 5.97 Å². The molecule has 3 rings (SSSR count). The van der Waals surface area contributed by atoms with Crippen LogP contribution >= 0.6 is 0 Å². The lowest BCUT2D eigenvalue weighted by Gasteiger charge is -2.28. The Kier molecular flexibility index (Phi) is 3.35. The average molecular weight is 263 g/mol. The highest BCUT2D eigenvalue weighted by molar-refractivity contribution is 5.87. The summed E-state index contributed by atoms with van der Waals surface area (Å²) in [5.41, 5.74) is 0.226. The van der Waals surface area contributed by atoms with Gasteiger partial charge in [0.1, 0.15) is 12.0 Å². The predicted molar refractivity (Wildman–Crippen MR) is 70.9 cm³/mol. The lowest BCUT2D eigenvalue weighted by molar-refractivity contribution is 0.0696. The van der Waals surface area contributed by atoms with Crippen molar-refractivity contribution in [3.63, 3.8) is 0 Å². The van der Waals surface area contributed by atoms with E-state index in [9.17, 15) is 4.79 Å². The van der Waals surface area contributed by atoms with E-state index in [0.717, 1.165) is 17.8 Å². The lowest BCUT2D eigenvalue weighted by atomic mass is 9.84. The Morgan fingerprint density at radius 3 is 2.95 bits per heavy atom. The van der Waals surface area contributed by atoms with Crippen molar-refractivity contribution in [1.29, 1.82) is 0 Å². The summed E-state index contributed by atoms with van der Waals surface area (Å²) in [6.07, 6.45) is 6.90. The topological polar surface area (TPSA) is 62.5 Å². The molecule has 1 aromatic heterocycles. The summed E-state index contributed by atoms with van der Waals surface area (Å²) in [5, 5.41) is 12.3. The van der Waals surface area contributed by atoms with Crippen LogP contribution < -0.4 is 5.32 Å².